The van der Waals surface area contributed by atoms with Gasteiger partial charge in [-0.05, 0) is 60.9 Å². The van der Waals surface area contributed by atoms with Crippen LogP contribution in [0.4, 0.5) is 10.5 Å². The van der Waals surface area contributed by atoms with Crippen molar-refractivity contribution in [1.82, 2.24) is 14.5 Å². The Morgan fingerprint density at radius 1 is 0.881 bits per heavy atom. The molecule has 42 heavy (non-hydrogen) atoms. The van der Waals surface area contributed by atoms with E-state index in [0.717, 1.165) is 49.5 Å². The van der Waals surface area contributed by atoms with E-state index < -0.39 is 12.0 Å². The summed E-state index contributed by atoms with van der Waals surface area (Å²) in [5.74, 6) is -0.514. The van der Waals surface area contributed by atoms with Crippen molar-refractivity contribution in [3.63, 3.8) is 0 Å². The summed E-state index contributed by atoms with van der Waals surface area (Å²) >= 11 is 0. The SMILES string of the molecule is NC(=O)c1ccc(-n2c3ccccc3c3c(-c4cnc5ccccc5c4)cccc32)cc1NC1CCN(C(=O)O)CC1. The maximum atomic E-state index is 12.4. The Balaban J connectivity index is 1.36. The number of piperidine rings is 1. The maximum absolute atomic E-state index is 12.4. The summed E-state index contributed by atoms with van der Waals surface area (Å²) in [5.41, 5.74) is 12.9. The highest BCUT2D eigenvalue weighted by atomic mass is 16.4. The van der Waals surface area contributed by atoms with Crippen molar-refractivity contribution in [2.45, 2.75) is 18.9 Å². The fourth-order valence-electron chi connectivity index (χ4n) is 6.20. The lowest BCUT2D eigenvalue weighted by Crippen LogP contribution is -2.41. The number of carbonyl (C=O) groups is 2. The molecule has 0 radical (unpaired) electrons. The number of hydrogen-bond acceptors (Lipinski definition) is 4. The molecule has 0 atom stereocenters. The number of pyridine rings is 1. The second-order valence-corrected chi connectivity index (χ2v) is 10.8. The zero-order valence-electron chi connectivity index (χ0n) is 22.8. The lowest BCUT2D eigenvalue weighted by molar-refractivity contribution is 0.100. The number of likely N-dealkylation sites (tertiary alicyclic amines) is 1. The average molecular weight is 556 g/mol. The van der Waals surface area contributed by atoms with Crippen LogP contribution in [0, 0.1) is 0 Å². The largest absolute Gasteiger partial charge is 0.465 e. The molecule has 0 spiro atoms. The molecule has 2 aromatic heterocycles. The van der Waals surface area contributed by atoms with E-state index >= 15 is 0 Å². The van der Waals surface area contributed by atoms with Gasteiger partial charge in [0.15, 0.2) is 0 Å². The summed E-state index contributed by atoms with van der Waals surface area (Å²) in [6.45, 7) is 0.885. The van der Waals surface area contributed by atoms with Crippen LogP contribution in [0.1, 0.15) is 23.2 Å². The number of fused-ring (bicyclic) bond motifs is 4. The molecule has 1 saturated heterocycles. The van der Waals surface area contributed by atoms with Gasteiger partial charge in [0.2, 0.25) is 0 Å². The van der Waals surface area contributed by atoms with E-state index in [1.165, 1.54) is 4.90 Å². The Morgan fingerprint density at radius 3 is 2.45 bits per heavy atom. The van der Waals surface area contributed by atoms with E-state index in [1.54, 1.807) is 6.07 Å². The summed E-state index contributed by atoms with van der Waals surface area (Å²) < 4.78 is 2.21. The quantitative estimate of drug-likeness (QED) is 0.220. The van der Waals surface area contributed by atoms with E-state index in [9.17, 15) is 14.7 Å². The second kappa shape index (κ2) is 10.2. The number of nitrogens with two attached hydrogens (primary N) is 1. The van der Waals surface area contributed by atoms with Crippen LogP contribution in [0.25, 0.3) is 49.5 Å². The van der Waals surface area contributed by atoms with Crippen molar-refractivity contribution in [2.75, 3.05) is 18.4 Å². The van der Waals surface area contributed by atoms with Crippen molar-refractivity contribution in [1.29, 1.82) is 0 Å². The van der Waals surface area contributed by atoms with Gasteiger partial charge in [0.05, 0.1) is 22.1 Å². The van der Waals surface area contributed by atoms with Crippen molar-refractivity contribution in [3.05, 3.63) is 103 Å². The molecule has 7 rings (SSSR count). The van der Waals surface area contributed by atoms with Crippen molar-refractivity contribution >= 4 is 50.4 Å². The standard InChI is InChI=1S/C34H29N5O3/c35-33(40)26-13-12-24(19-29(26)37-23-14-16-38(17-15-23)34(41)42)39-30-10-4-2-7-27(30)32-25(8-5-11-31(32)39)22-18-21-6-1-3-9-28(21)36-20-22/h1-13,18-20,23,37H,14-17H2,(H2,35,40)(H,41,42). The van der Waals surface area contributed by atoms with Gasteiger partial charge in [-0.25, -0.2) is 4.79 Å². The first kappa shape index (κ1) is 25.6. The molecule has 8 nitrogen and oxygen atoms in total. The number of nitrogens with one attached hydrogen (secondary N) is 1. The molecular weight excluding hydrogens is 526 g/mol. The Hall–Kier alpha value is -5.37. The number of aromatic nitrogens is 2. The number of carbonyl (C=O) groups excluding carboxylic acids is 1. The number of carboxylic acid groups (broad SMARTS) is 1. The number of para-hydroxylation sites is 2. The van der Waals surface area contributed by atoms with Crippen LogP contribution in [0.2, 0.25) is 0 Å². The van der Waals surface area contributed by atoms with Crippen LogP contribution in [-0.2, 0) is 0 Å². The first-order valence-electron chi connectivity index (χ1n) is 14.0. The van der Waals surface area contributed by atoms with Gasteiger partial charge in [-0.3, -0.25) is 9.78 Å². The minimum absolute atomic E-state index is 0.0270. The van der Waals surface area contributed by atoms with Crippen LogP contribution < -0.4 is 11.1 Å². The number of nitrogens with zero attached hydrogens (tertiary/aromatic N) is 3. The van der Waals surface area contributed by atoms with E-state index in [1.807, 2.05) is 48.7 Å². The number of anilines is 1. The third-order valence-corrected chi connectivity index (χ3v) is 8.25. The fraction of sp³-hybridized carbons (Fsp3) is 0.147. The smallest absolute Gasteiger partial charge is 0.407 e. The highest BCUT2D eigenvalue weighted by Crippen LogP contribution is 2.39. The molecule has 4 aromatic carbocycles. The Morgan fingerprint density at radius 2 is 1.64 bits per heavy atom. The first-order chi connectivity index (χ1) is 20.5. The predicted octanol–water partition coefficient (Wildman–Crippen LogP) is 6.65. The van der Waals surface area contributed by atoms with Crippen molar-refractivity contribution in [3.8, 4) is 16.8 Å². The summed E-state index contributed by atoms with van der Waals surface area (Å²) in [4.78, 5) is 29.9. The molecule has 208 valence electrons. The topological polar surface area (TPSA) is 113 Å². The van der Waals surface area contributed by atoms with Crippen molar-refractivity contribution in [2.24, 2.45) is 5.73 Å². The first-order valence-corrected chi connectivity index (χ1v) is 14.0. The molecule has 1 aliphatic rings. The number of primary amides is 1. The zero-order valence-corrected chi connectivity index (χ0v) is 22.8. The molecule has 4 N–H and O–H groups in total. The van der Waals surface area contributed by atoms with Crippen LogP contribution in [-0.4, -0.2) is 50.7 Å². The minimum Gasteiger partial charge on any atom is -0.465 e. The Kier molecular flexibility index (Phi) is 6.23. The summed E-state index contributed by atoms with van der Waals surface area (Å²) in [7, 11) is 0. The van der Waals surface area contributed by atoms with E-state index in [4.69, 9.17) is 10.7 Å². The lowest BCUT2D eigenvalue weighted by atomic mass is 9.99. The molecule has 3 heterocycles. The monoisotopic (exact) mass is 555 g/mol. The highest BCUT2D eigenvalue weighted by molar-refractivity contribution is 6.16. The number of benzene rings is 4. The molecule has 8 heteroatoms. The number of hydrogen-bond donors (Lipinski definition) is 3. The Bertz CT molecular complexity index is 2010. The molecule has 0 unspecified atom stereocenters. The molecule has 1 fully saturated rings. The van der Waals surface area contributed by atoms with Crippen molar-refractivity contribution < 1.29 is 14.7 Å². The zero-order chi connectivity index (χ0) is 28.8. The fourth-order valence-corrected chi connectivity index (χ4v) is 6.20. The molecule has 0 aliphatic carbocycles. The highest BCUT2D eigenvalue weighted by Gasteiger charge is 2.24. The van der Waals surface area contributed by atoms with Gasteiger partial charge in [0.25, 0.3) is 5.91 Å². The molecule has 0 saturated carbocycles. The van der Waals surface area contributed by atoms with Gasteiger partial charge in [-0.2, -0.15) is 0 Å². The third kappa shape index (κ3) is 4.37. The molecule has 1 aliphatic heterocycles. The van der Waals surface area contributed by atoms with Gasteiger partial charge in [0.1, 0.15) is 0 Å². The van der Waals surface area contributed by atoms with E-state index in [0.29, 0.717) is 37.2 Å². The Labute approximate surface area is 242 Å². The van der Waals surface area contributed by atoms with Gasteiger partial charge in [-0.15, -0.1) is 0 Å². The maximum Gasteiger partial charge on any atom is 0.407 e. The van der Waals surface area contributed by atoms with Crippen LogP contribution >= 0.6 is 0 Å². The summed E-state index contributed by atoms with van der Waals surface area (Å²) in [6, 6.07) is 30.6. The molecule has 2 amide bonds. The van der Waals surface area contributed by atoms with Crippen LogP contribution in [0.3, 0.4) is 0 Å². The van der Waals surface area contributed by atoms with Gasteiger partial charge < -0.3 is 25.6 Å². The molecule has 6 aromatic rings. The van der Waals surface area contributed by atoms with Crippen LogP contribution in [0.5, 0.6) is 0 Å². The number of rotatable bonds is 5. The molecular formula is C34H29N5O3. The normalized spacial score (nSPS) is 14.0. The van der Waals surface area contributed by atoms with Crippen LogP contribution in [0.15, 0.2) is 97.2 Å². The van der Waals surface area contributed by atoms with Gasteiger partial charge in [0, 0.05) is 58.4 Å². The predicted molar refractivity (Wildman–Crippen MR) is 166 cm³/mol. The average Bonchev–Trinajstić information content (AvgIpc) is 3.35. The van der Waals surface area contributed by atoms with Gasteiger partial charge in [-0.1, -0.05) is 48.5 Å². The summed E-state index contributed by atoms with van der Waals surface area (Å²) in [6.07, 6.45) is 2.32. The second-order valence-electron chi connectivity index (χ2n) is 10.8. The third-order valence-electron chi connectivity index (χ3n) is 8.25. The van der Waals surface area contributed by atoms with E-state index in [2.05, 4.69) is 52.3 Å². The molecule has 0 bridgehead atoms. The van der Waals surface area contributed by atoms with Gasteiger partial charge >= 0.3 is 6.09 Å². The number of amides is 2. The van der Waals surface area contributed by atoms with E-state index in [-0.39, 0.29) is 6.04 Å². The minimum atomic E-state index is -0.904. The lowest BCUT2D eigenvalue weighted by Gasteiger charge is -2.31. The summed E-state index contributed by atoms with van der Waals surface area (Å²) in [5, 5.41) is 16.2.